The van der Waals surface area contributed by atoms with Gasteiger partial charge in [-0.15, -0.1) is 24.8 Å². The van der Waals surface area contributed by atoms with Crippen molar-refractivity contribution in [2.24, 2.45) is 16.9 Å². The normalized spacial score (nSPS) is 18.9. The summed E-state index contributed by atoms with van der Waals surface area (Å²) >= 11 is 0. The minimum atomic E-state index is 0. The SMILES string of the molecule is Cl.Cl.NCC1(C(N)c2ccccc2)CCCC1. The summed E-state index contributed by atoms with van der Waals surface area (Å²) in [5, 5.41) is 0. The maximum atomic E-state index is 6.37. The van der Waals surface area contributed by atoms with E-state index in [1.54, 1.807) is 0 Å². The highest BCUT2D eigenvalue weighted by Crippen LogP contribution is 2.45. The lowest BCUT2D eigenvalue weighted by atomic mass is 9.76. The van der Waals surface area contributed by atoms with E-state index in [4.69, 9.17) is 11.5 Å². The molecule has 1 saturated carbocycles. The topological polar surface area (TPSA) is 52.0 Å². The molecular weight excluding hydrogens is 255 g/mol. The first-order valence-corrected chi connectivity index (χ1v) is 5.79. The molecule has 0 aromatic heterocycles. The molecule has 4 heteroatoms. The fraction of sp³-hybridized carbons (Fsp3) is 0.538. The van der Waals surface area contributed by atoms with Crippen LogP contribution in [0, 0.1) is 5.41 Å². The number of rotatable bonds is 3. The molecule has 0 bridgehead atoms. The Bertz CT molecular complexity index is 310. The standard InChI is InChI=1S/C13H20N2.2ClH/c14-10-13(8-4-5-9-13)12(15)11-6-2-1-3-7-11;;/h1-3,6-7,12H,4-5,8-10,14-15H2;2*1H. The second kappa shape index (κ2) is 7.22. The average Bonchev–Trinajstić information content (AvgIpc) is 2.79. The van der Waals surface area contributed by atoms with Crippen LogP contribution >= 0.6 is 24.8 Å². The lowest BCUT2D eigenvalue weighted by molar-refractivity contribution is 0.243. The largest absolute Gasteiger partial charge is 0.330 e. The average molecular weight is 277 g/mol. The number of hydrogen-bond acceptors (Lipinski definition) is 2. The van der Waals surface area contributed by atoms with Crippen LogP contribution in [0.4, 0.5) is 0 Å². The molecule has 0 radical (unpaired) electrons. The minimum absolute atomic E-state index is 0. The molecule has 1 aliphatic carbocycles. The molecule has 1 aromatic carbocycles. The van der Waals surface area contributed by atoms with E-state index in [1.807, 2.05) is 18.2 Å². The molecule has 1 unspecified atom stereocenters. The van der Waals surface area contributed by atoms with Gasteiger partial charge in [0.05, 0.1) is 0 Å². The van der Waals surface area contributed by atoms with E-state index in [2.05, 4.69) is 12.1 Å². The zero-order valence-corrected chi connectivity index (χ0v) is 11.6. The zero-order valence-electron chi connectivity index (χ0n) is 9.97. The third-order valence-corrected chi connectivity index (χ3v) is 3.82. The van der Waals surface area contributed by atoms with Crippen LogP contribution in [0.3, 0.4) is 0 Å². The lowest BCUT2D eigenvalue weighted by Gasteiger charge is -2.34. The van der Waals surface area contributed by atoms with Crippen molar-refractivity contribution >= 4 is 24.8 Å². The van der Waals surface area contributed by atoms with Crippen molar-refractivity contribution in [1.29, 1.82) is 0 Å². The van der Waals surface area contributed by atoms with Gasteiger partial charge in [-0.25, -0.2) is 0 Å². The third-order valence-electron chi connectivity index (χ3n) is 3.82. The molecular formula is C13H22Cl2N2. The number of hydrogen-bond donors (Lipinski definition) is 2. The van der Waals surface area contributed by atoms with E-state index >= 15 is 0 Å². The van der Waals surface area contributed by atoms with Gasteiger partial charge in [-0.2, -0.15) is 0 Å². The highest BCUT2D eigenvalue weighted by atomic mass is 35.5. The fourth-order valence-corrected chi connectivity index (χ4v) is 2.74. The summed E-state index contributed by atoms with van der Waals surface area (Å²) in [7, 11) is 0. The second-order valence-electron chi connectivity index (χ2n) is 4.66. The number of halogens is 2. The molecule has 4 N–H and O–H groups in total. The van der Waals surface area contributed by atoms with Gasteiger partial charge in [0.1, 0.15) is 0 Å². The van der Waals surface area contributed by atoms with Gasteiger partial charge >= 0.3 is 0 Å². The number of benzene rings is 1. The molecule has 2 rings (SSSR count). The Labute approximate surface area is 116 Å². The predicted octanol–water partition coefficient (Wildman–Crippen LogP) is 3.05. The van der Waals surface area contributed by atoms with Crippen LogP contribution in [0.1, 0.15) is 37.3 Å². The van der Waals surface area contributed by atoms with Gasteiger partial charge < -0.3 is 11.5 Å². The quantitative estimate of drug-likeness (QED) is 0.892. The molecule has 0 spiro atoms. The first-order valence-electron chi connectivity index (χ1n) is 5.79. The summed E-state index contributed by atoms with van der Waals surface area (Å²) in [6.07, 6.45) is 4.91. The van der Waals surface area contributed by atoms with Crippen LogP contribution < -0.4 is 11.5 Å². The molecule has 17 heavy (non-hydrogen) atoms. The van der Waals surface area contributed by atoms with Crippen molar-refractivity contribution in [2.45, 2.75) is 31.7 Å². The first kappa shape index (κ1) is 16.7. The van der Waals surface area contributed by atoms with Crippen molar-refractivity contribution in [2.75, 3.05) is 6.54 Å². The van der Waals surface area contributed by atoms with Crippen LogP contribution in [-0.4, -0.2) is 6.54 Å². The summed E-state index contributed by atoms with van der Waals surface area (Å²) in [6.45, 7) is 0.711. The van der Waals surface area contributed by atoms with E-state index in [9.17, 15) is 0 Å². The van der Waals surface area contributed by atoms with Gasteiger partial charge in [-0.1, -0.05) is 43.2 Å². The van der Waals surface area contributed by atoms with Crippen LogP contribution in [0.2, 0.25) is 0 Å². The van der Waals surface area contributed by atoms with Crippen molar-refractivity contribution < 1.29 is 0 Å². The summed E-state index contributed by atoms with van der Waals surface area (Å²) in [5.74, 6) is 0. The Morgan fingerprint density at radius 2 is 1.59 bits per heavy atom. The summed E-state index contributed by atoms with van der Waals surface area (Å²) in [6, 6.07) is 10.5. The molecule has 0 saturated heterocycles. The number of nitrogens with two attached hydrogens (primary N) is 2. The smallest absolute Gasteiger partial charge is 0.0364 e. The van der Waals surface area contributed by atoms with Crippen molar-refractivity contribution in [3.05, 3.63) is 35.9 Å². The van der Waals surface area contributed by atoms with E-state index in [0.29, 0.717) is 6.54 Å². The van der Waals surface area contributed by atoms with E-state index in [-0.39, 0.29) is 36.3 Å². The maximum absolute atomic E-state index is 6.37. The molecule has 0 aliphatic heterocycles. The van der Waals surface area contributed by atoms with Gasteiger partial charge in [0.25, 0.3) is 0 Å². The highest BCUT2D eigenvalue weighted by Gasteiger charge is 2.38. The molecule has 1 aliphatic rings. The third kappa shape index (κ3) is 3.35. The molecule has 98 valence electrons. The fourth-order valence-electron chi connectivity index (χ4n) is 2.74. The molecule has 2 nitrogen and oxygen atoms in total. The lowest BCUT2D eigenvalue weighted by Crippen LogP contribution is -2.38. The van der Waals surface area contributed by atoms with Gasteiger partial charge in [0.15, 0.2) is 0 Å². The zero-order chi connectivity index (χ0) is 10.7. The van der Waals surface area contributed by atoms with E-state index in [1.165, 1.54) is 31.2 Å². The van der Waals surface area contributed by atoms with Crippen molar-refractivity contribution in [3.63, 3.8) is 0 Å². The van der Waals surface area contributed by atoms with Gasteiger partial charge in [-0.05, 0) is 24.9 Å². The van der Waals surface area contributed by atoms with Crippen LogP contribution in [0.5, 0.6) is 0 Å². The van der Waals surface area contributed by atoms with Gasteiger partial charge in [0, 0.05) is 11.5 Å². The Kier molecular flexibility index (Phi) is 7.10. The monoisotopic (exact) mass is 276 g/mol. The van der Waals surface area contributed by atoms with Gasteiger partial charge in [-0.3, -0.25) is 0 Å². The molecule has 1 fully saturated rings. The maximum Gasteiger partial charge on any atom is 0.0364 e. The Hall–Kier alpha value is -0.280. The molecule has 0 heterocycles. The van der Waals surface area contributed by atoms with Crippen molar-refractivity contribution in [3.8, 4) is 0 Å². The van der Waals surface area contributed by atoms with Gasteiger partial charge in [0.2, 0.25) is 0 Å². The molecule has 1 atom stereocenters. The first-order chi connectivity index (χ1) is 7.28. The summed E-state index contributed by atoms with van der Waals surface area (Å²) in [4.78, 5) is 0. The van der Waals surface area contributed by atoms with Crippen molar-refractivity contribution in [1.82, 2.24) is 0 Å². The Morgan fingerprint density at radius 1 is 1.06 bits per heavy atom. The summed E-state index contributed by atoms with van der Waals surface area (Å²) < 4.78 is 0. The second-order valence-corrected chi connectivity index (χ2v) is 4.66. The molecule has 0 amide bonds. The Morgan fingerprint density at radius 3 is 2.06 bits per heavy atom. The summed E-state index contributed by atoms with van der Waals surface area (Å²) in [5.41, 5.74) is 13.7. The van der Waals surface area contributed by atoms with Crippen LogP contribution in [0.15, 0.2) is 30.3 Å². The highest BCUT2D eigenvalue weighted by molar-refractivity contribution is 5.85. The van der Waals surface area contributed by atoms with E-state index in [0.717, 1.165) is 0 Å². The predicted molar refractivity (Wildman–Crippen MR) is 77.8 cm³/mol. The minimum Gasteiger partial charge on any atom is -0.330 e. The van der Waals surface area contributed by atoms with E-state index < -0.39 is 0 Å². The Balaban J connectivity index is 0.00000128. The van der Waals surface area contributed by atoms with Crippen LogP contribution in [-0.2, 0) is 0 Å². The van der Waals surface area contributed by atoms with Crippen LogP contribution in [0.25, 0.3) is 0 Å². The molecule has 1 aromatic rings.